The van der Waals surface area contributed by atoms with E-state index in [1.54, 1.807) is 0 Å². The minimum atomic E-state index is 1.06. The van der Waals surface area contributed by atoms with Gasteiger partial charge in [-0.2, -0.15) is 0 Å². The molecule has 0 atom stereocenters. The van der Waals surface area contributed by atoms with Crippen LogP contribution in [0.1, 0.15) is 0 Å². The van der Waals surface area contributed by atoms with E-state index in [9.17, 15) is 0 Å². The highest BCUT2D eigenvalue weighted by Crippen LogP contribution is 2.36. The van der Waals surface area contributed by atoms with E-state index in [0.717, 1.165) is 22.4 Å². The smallest absolute Gasteiger partial charge is 0.0544 e. The summed E-state index contributed by atoms with van der Waals surface area (Å²) in [6.07, 6.45) is 0. The molecule has 0 saturated heterocycles. The van der Waals surface area contributed by atoms with E-state index in [1.807, 2.05) is 0 Å². The van der Waals surface area contributed by atoms with Gasteiger partial charge in [-0.1, -0.05) is 97.1 Å². The summed E-state index contributed by atoms with van der Waals surface area (Å²) in [5.74, 6) is 0. The first-order valence-corrected chi connectivity index (χ1v) is 13.3. The quantitative estimate of drug-likeness (QED) is 0.222. The Balaban J connectivity index is 1.17. The molecule has 39 heavy (non-hydrogen) atoms. The topological polar surface area (TPSA) is 43.6 Å². The molecule has 0 bridgehead atoms. The average molecular weight is 500 g/mol. The first kappa shape index (κ1) is 21.8. The highest BCUT2D eigenvalue weighted by atomic mass is 14.9. The molecule has 0 aliphatic rings. The summed E-state index contributed by atoms with van der Waals surface area (Å²) < 4.78 is 0. The van der Waals surface area contributed by atoms with Crippen molar-refractivity contribution < 1.29 is 0 Å². The number of aromatic amines is 2. The van der Waals surface area contributed by atoms with Crippen molar-refractivity contribution in [3.05, 3.63) is 133 Å². The summed E-state index contributed by atoms with van der Waals surface area (Å²) in [7, 11) is 0. The second-order valence-corrected chi connectivity index (χ2v) is 10.1. The summed E-state index contributed by atoms with van der Waals surface area (Å²) in [5, 5.41) is 8.66. The standard InChI is InChI=1S/C36H25N3/c1-3-19-33-29(13-1)31-17-7-15-27(35(31)38-33)23-9-5-11-25(21-23)37-26-12-6-10-24(22-26)28-16-8-18-32-30-14-2-4-20-34(30)39-36(28)32/h1-22,37-39H. The fourth-order valence-electron chi connectivity index (χ4n) is 5.92. The lowest BCUT2D eigenvalue weighted by atomic mass is 10.0. The van der Waals surface area contributed by atoms with E-state index < -0.39 is 0 Å². The van der Waals surface area contributed by atoms with Crippen molar-refractivity contribution in [3.8, 4) is 22.3 Å². The maximum atomic E-state index is 3.65. The normalized spacial score (nSPS) is 11.6. The van der Waals surface area contributed by atoms with Crippen molar-refractivity contribution in [1.29, 1.82) is 0 Å². The molecule has 3 nitrogen and oxygen atoms in total. The van der Waals surface area contributed by atoms with E-state index in [4.69, 9.17) is 0 Å². The third-order valence-corrected chi connectivity index (χ3v) is 7.72. The van der Waals surface area contributed by atoms with Gasteiger partial charge < -0.3 is 15.3 Å². The van der Waals surface area contributed by atoms with Crippen molar-refractivity contribution >= 4 is 55.0 Å². The number of hydrogen-bond donors (Lipinski definition) is 3. The summed E-state index contributed by atoms with van der Waals surface area (Å²) in [5.41, 5.74) is 11.5. The van der Waals surface area contributed by atoms with Gasteiger partial charge in [-0.05, 0) is 47.5 Å². The first-order chi connectivity index (χ1) is 19.3. The lowest BCUT2D eigenvalue weighted by Gasteiger charge is -2.11. The van der Waals surface area contributed by atoms with Gasteiger partial charge in [0, 0.05) is 55.1 Å². The minimum Gasteiger partial charge on any atom is -0.355 e. The molecule has 2 aromatic heterocycles. The maximum Gasteiger partial charge on any atom is 0.0544 e. The monoisotopic (exact) mass is 499 g/mol. The molecule has 3 heteroatoms. The van der Waals surface area contributed by atoms with Gasteiger partial charge in [-0.3, -0.25) is 0 Å². The van der Waals surface area contributed by atoms with Crippen LogP contribution in [0.25, 0.3) is 65.9 Å². The molecule has 2 heterocycles. The van der Waals surface area contributed by atoms with Gasteiger partial charge in [-0.25, -0.2) is 0 Å². The number of hydrogen-bond acceptors (Lipinski definition) is 1. The van der Waals surface area contributed by atoms with Crippen molar-refractivity contribution in [2.24, 2.45) is 0 Å². The second kappa shape index (κ2) is 8.64. The molecule has 0 aliphatic carbocycles. The molecular formula is C36H25N3. The van der Waals surface area contributed by atoms with E-state index in [2.05, 4.69) is 149 Å². The van der Waals surface area contributed by atoms with Gasteiger partial charge in [0.1, 0.15) is 0 Å². The number of rotatable bonds is 4. The molecule has 6 aromatic carbocycles. The second-order valence-electron chi connectivity index (χ2n) is 10.1. The summed E-state index contributed by atoms with van der Waals surface area (Å²) in [4.78, 5) is 7.28. The van der Waals surface area contributed by atoms with Crippen molar-refractivity contribution in [3.63, 3.8) is 0 Å². The lowest BCUT2D eigenvalue weighted by molar-refractivity contribution is 1.51. The molecule has 0 unspecified atom stereocenters. The number of fused-ring (bicyclic) bond motifs is 6. The third kappa shape index (κ3) is 3.59. The first-order valence-electron chi connectivity index (χ1n) is 13.3. The van der Waals surface area contributed by atoms with Gasteiger partial charge in [0.25, 0.3) is 0 Å². The predicted molar refractivity (Wildman–Crippen MR) is 166 cm³/mol. The number of nitrogens with one attached hydrogen (secondary N) is 3. The van der Waals surface area contributed by atoms with Crippen molar-refractivity contribution in [2.75, 3.05) is 5.32 Å². The van der Waals surface area contributed by atoms with Crippen LogP contribution in [0.15, 0.2) is 133 Å². The molecule has 0 saturated carbocycles. The number of benzene rings is 6. The van der Waals surface area contributed by atoms with Crippen LogP contribution in [-0.2, 0) is 0 Å². The molecular weight excluding hydrogens is 474 g/mol. The maximum absolute atomic E-state index is 3.65. The Morgan fingerprint density at radius 2 is 0.821 bits per heavy atom. The largest absolute Gasteiger partial charge is 0.355 e. The molecule has 8 rings (SSSR count). The highest BCUT2D eigenvalue weighted by Gasteiger charge is 2.12. The van der Waals surface area contributed by atoms with Crippen LogP contribution in [0.5, 0.6) is 0 Å². The van der Waals surface area contributed by atoms with Crippen LogP contribution in [0.3, 0.4) is 0 Å². The fourth-order valence-corrected chi connectivity index (χ4v) is 5.92. The van der Waals surface area contributed by atoms with Crippen LogP contribution >= 0.6 is 0 Å². The van der Waals surface area contributed by atoms with Crippen molar-refractivity contribution in [1.82, 2.24) is 9.97 Å². The fraction of sp³-hybridized carbons (Fsp3) is 0. The minimum absolute atomic E-state index is 1.06. The van der Waals surface area contributed by atoms with Gasteiger partial charge in [0.15, 0.2) is 0 Å². The van der Waals surface area contributed by atoms with Crippen LogP contribution in [-0.4, -0.2) is 9.97 Å². The Bertz CT molecular complexity index is 2010. The Labute approximate surface area is 225 Å². The number of anilines is 2. The zero-order valence-electron chi connectivity index (χ0n) is 21.2. The number of para-hydroxylation sites is 4. The van der Waals surface area contributed by atoms with Crippen LogP contribution in [0.2, 0.25) is 0 Å². The Morgan fingerprint density at radius 3 is 1.33 bits per heavy atom. The van der Waals surface area contributed by atoms with Crippen LogP contribution in [0, 0.1) is 0 Å². The molecule has 0 amide bonds. The highest BCUT2D eigenvalue weighted by molar-refractivity contribution is 6.13. The molecule has 0 fully saturated rings. The zero-order valence-corrected chi connectivity index (χ0v) is 21.2. The molecule has 0 aliphatic heterocycles. The van der Waals surface area contributed by atoms with Gasteiger partial charge in [0.2, 0.25) is 0 Å². The van der Waals surface area contributed by atoms with Crippen molar-refractivity contribution in [2.45, 2.75) is 0 Å². The molecule has 0 radical (unpaired) electrons. The molecule has 3 N–H and O–H groups in total. The number of H-pyrrole nitrogens is 2. The van der Waals surface area contributed by atoms with E-state index in [-0.39, 0.29) is 0 Å². The summed E-state index contributed by atoms with van der Waals surface area (Å²) >= 11 is 0. The lowest BCUT2D eigenvalue weighted by Crippen LogP contribution is -1.92. The SMILES string of the molecule is c1cc(Nc2cccc(-c3cccc4c3[nH]c3ccccc34)c2)cc(-c2cccc3c2[nH]c2ccccc23)c1. The zero-order chi connectivity index (χ0) is 25.8. The Hall–Kier alpha value is -5.28. The van der Waals surface area contributed by atoms with E-state index in [0.29, 0.717) is 0 Å². The predicted octanol–water partition coefficient (Wildman–Crippen LogP) is 10.0. The average Bonchev–Trinajstić information content (AvgIpc) is 3.56. The van der Waals surface area contributed by atoms with Crippen LogP contribution in [0.4, 0.5) is 11.4 Å². The molecule has 184 valence electrons. The van der Waals surface area contributed by atoms with E-state index in [1.165, 1.54) is 54.8 Å². The Morgan fingerprint density at radius 1 is 0.385 bits per heavy atom. The third-order valence-electron chi connectivity index (χ3n) is 7.72. The summed E-state index contributed by atoms with van der Waals surface area (Å²) in [6.45, 7) is 0. The number of aromatic nitrogens is 2. The summed E-state index contributed by atoms with van der Waals surface area (Å²) in [6, 6.07) is 47.4. The Kier molecular flexibility index (Phi) is 4.82. The van der Waals surface area contributed by atoms with Gasteiger partial charge >= 0.3 is 0 Å². The van der Waals surface area contributed by atoms with Crippen LogP contribution < -0.4 is 5.32 Å². The molecule has 8 aromatic rings. The van der Waals surface area contributed by atoms with E-state index >= 15 is 0 Å². The van der Waals surface area contributed by atoms with Gasteiger partial charge in [0.05, 0.1) is 11.0 Å². The molecule has 0 spiro atoms. The van der Waals surface area contributed by atoms with Gasteiger partial charge in [-0.15, -0.1) is 0 Å².